The molecule has 1 atom stereocenters. The van der Waals surface area contributed by atoms with E-state index in [-0.39, 0.29) is 41.2 Å². The molecule has 2 aromatic heterocycles. The molecule has 0 bridgehead atoms. The molecule has 3 rings (SSSR count). The number of carbonyl (C=O) groups excluding carboxylic acids is 1. The second-order valence-corrected chi connectivity index (χ2v) is 7.20. The van der Waals surface area contributed by atoms with Crippen LogP contribution in [-0.2, 0) is 15.7 Å². The number of rotatable bonds is 5. The van der Waals surface area contributed by atoms with Gasteiger partial charge in [-0.15, -0.1) is 0 Å². The smallest absolute Gasteiger partial charge is 0.369 e. The first kappa shape index (κ1) is 20.4. The summed E-state index contributed by atoms with van der Waals surface area (Å²) >= 11 is 0. The Kier molecular flexibility index (Phi) is 5.80. The second kappa shape index (κ2) is 7.96. The maximum atomic E-state index is 13.7. The van der Waals surface area contributed by atoms with Gasteiger partial charge in [-0.2, -0.15) is 13.2 Å². The predicted octanol–water partition coefficient (Wildman–Crippen LogP) is 2.87. The molecule has 1 saturated heterocycles. The number of aromatic nitrogens is 2. The minimum Gasteiger partial charge on any atom is -0.369 e. The minimum absolute atomic E-state index is 0.00558. The van der Waals surface area contributed by atoms with E-state index in [1.807, 2.05) is 0 Å². The summed E-state index contributed by atoms with van der Waals surface area (Å²) in [6.07, 6.45) is -1.01. The Bertz CT molecular complexity index is 850. The number of amides is 1. The molecule has 1 amide bonds. The third-order valence-corrected chi connectivity index (χ3v) is 4.58. The first-order valence-corrected chi connectivity index (χ1v) is 9.16. The number of alkyl halides is 3. The van der Waals surface area contributed by atoms with Crippen molar-refractivity contribution in [2.75, 3.05) is 29.9 Å². The van der Waals surface area contributed by atoms with Gasteiger partial charge < -0.3 is 25.7 Å². The van der Waals surface area contributed by atoms with Gasteiger partial charge in [-0.3, -0.25) is 4.79 Å². The Hall–Kier alpha value is -2.33. The quantitative estimate of drug-likeness (QED) is 0.719. The van der Waals surface area contributed by atoms with Crippen LogP contribution < -0.4 is 16.0 Å². The van der Waals surface area contributed by atoms with Gasteiger partial charge in [0.25, 0.3) is 0 Å². The molecule has 1 aliphatic heterocycles. The van der Waals surface area contributed by atoms with Crippen LogP contribution in [0.3, 0.4) is 0 Å². The highest BCUT2D eigenvalue weighted by atomic mass is 19.4. The predicted molar refractivity (Wildman–Crippen MR) is 100 cm³/mol. The number of anilines is 2. The van der Waals surface area contributed by atoms with Crippen LogP contribution in [0.1, 0.15) is 32.3 Å². The lowest BCUT2D eigenvalue weighted by atomic mass is 10.0. The summed E-state index contributed by atoms with van der Waals surface area (Å²) in [4.78, 5) is 20.5. The SMILES string of the molecule is CC(C)OCC(=O)Nc1c[nH]c2ncc(C(F)(F)F)c(N3CCC[C@@H](N)C3)c12. The van der Waals surface area contributed by atoms with Gasteiger partial charge in [-0.25, -0.2) is 4.98 Å². The first-order chi connectivity index (χ1) is 13.2. The van der Waals surface area contributed by atoms with Crippen LogP contribution in [0.25, 0.3) is 11.0 Å². The molecule has 0 aliphatic carbocycles. The Labute approximate surface area is 160 Å². The van der Waals surface area contributed by atoms with Crippen molar-refractivity contribution in [2.24, 2.45) is 5.73 Å². The Morgan fingerprint density at radius 3 is 2.89 bits per heavy atom. The van der Waals surface area contributed by atoms with Crippen LogP contribution in [0.4, 0.5) is 24.5 Å². The van der Waals surface area contributed by atoms with Gasteiger partial charge in [0, 0.05) is 31.5 Å². The molecule has 1 aliphatic rings. The van der Waals surface area contributed by atoms with Gasteiger partial charge in [-0.1, -0.05) is 0 Å². The summed E-state index contributed by atoms with van der Waals surface area (Å²) in [5, 5.41) is 2.85. The first-order valence-electron chi connectivity index (χ1n) is 9.16. The number of fused-ring (bicyclic) bond motifs is 1. The minimum atomic E-state index is -4.59. The molecule has 0 aromatic carbocycles. The zero-order valence-electron chi connectivity index (χ0n) is 15.8. The van der Waals surface area contributed by atoms with E-state index in [0.29, 0.717) is 19.5 Å². The van der Waals surface area contributed by atoms with Crippen molar-refractivity contribution in [2.45, 2.75) is 45.0 Å². The molecule has 154 valence electrons. The molecule has 3 heterocycles. The zero-order valence-corrected chi connectivity index (χ0v) is 15.8. The molecule has 28 heavy (non-hydrogen) atoms. The lowest BCUT2D eigenvalue weighted by Crippen LogP contribution is -2.43. The Balaban J connectivity index is 2.05. The van der Waals surface area contributed by atoms with Gasteiger partial charge in [0.1, 0.15) is 12.3 Å². The monoisotopic (exact) mass is 399 g/mol. The fourth-order valence-electron chi connectivity index (χ4n) is 3.36. The van der Waals surface area contributed by atoms with Crippen molar-refractivity contribution < 1.29 is 22.7 Å². The van der Waals surface area contributed by atoms with Gasteiger partial charge in [0.2, 0.25) is 5.91 Å². The van der Waals surface area contributed by atoms with Crippen LogP contribution in [0, 0.1) is 0 Å². The number of nitrogens with zero attached hydrogens (tertiary/aromatic N) is 2. The van der Waals surface area contributed by atoms with Gasteiger partial charge in [0.15, 0.2) is 0 Å². The molecule has 10 heteroatoms. The number of aromatic amines is 1. The fourth-order valence-corrected chi connectivity index (χ4v) is 3.36. The topological polar surface area (TPSA) is 96.3 Å². The summed E-state index contributed by atoms with van der Waals surface area (Å²) < 4.78 is 46.4. The summed E-state index contributed by atoms with van der Waals surface area (Å²) in [5.74, 6) is -0.451. The number of ether oxygens (including phenoxy) is 1. The van der Waals surface area contributed by atoms with Crippen molar-refractivity contribution in [1.29, 1.82) is 0 Å². The van der Waals surface area contributed by atoms with E-state index in [9.17, 15) is 18.0 Å². The number of H-pyrrole nitrogens is 1. The summed E-state index contributed by atoms with van der Waals surface area (Å²) in [6, 6.07) is -0.213. The van der Waals surface area contributed by atoms with Crippen LogP contribution in [0.5, 0.6) is 0 Å². The standard InChI is InChI=1S/C18H24F3N5O2/c1-10(2)28-9-14(27)25-13-7-24-17-15(13)16(12(6-23-17)18(19,20)21)26-5-3-4-11(22)8-26/h6-7,10-11H,3-5,8-9,22H2,1-2H3,(H,23,24)(H,25,27)/t11-/m1/s1. The van der Waals surface area contributed by atoms with Crippen molar-refractivity contribution >= 4 is 28.3 Å². The number of pyridine rings is 1. The maximum absolute atomic E-state index is 13.7. The van der Waals surface area contributed by atoms with Crippen molar-refractivity contribution in [1.82, 2.24) is 9.97 Å². The van der Waals surface area contributed by atoms with Crippen LogP contribution in [-0.4, -0.2) is 47.7 Å². The van der Waals surface area contributed by atoms with E-state index < -0.39 is 17.6 Å². The van der Waals surface area contributed by atoms with E-state index >= 15 is 0 Å². The Morgan fingerprint density at radius 1 is 1.50 bits per heavy atom. The molecule has 1 fully saturated rings. The van der Waals surface area contributed by atoms with Crippen LogP contribution in [0.15, 0.2) is 12.4 Å². The molecule has 0 saturated carbocycles. The van der Waals surface area contributed by atoms with Crippen LogP contribution in [0.2, 0.25) is 0 Å². The number of carbonyl (C=O) groups is 1. The molecular weight excluding hydrogens is 375 g/mol. The highest BCUT2D eigenvalue weighted by molar-refractivity contribution is 6.07. The van der Waals surface area contributed by atoms with Crippen molar-refractivity contribution in [3.63, 3.8) is 0 Å². The van der Waals surface area contributed by atoms with E-state index in [0.717, 1.165) is 12.6 Å². The average Bonchev–Trinajstić information content (AvgIpc) is 3.01. The normalized spacial score (nSPS) is 18.1. The third-order valence-electron chi connectivity index (χ3n) is 4.58. The van der Waals surface area contributed by atoms with Crippen LogP contribution >= 0.6 is 0 Å². The van der Waals surface area contributed by atoms with E-state index in [2.05, 4.69) is 15.3 Å². The lowest BCUT2D eigenvalue weighted by molar-refractivity contribution is -0.137. The highest BCUT2D eigenvalue weighted by Crippen LogP contribution is 2.43. The fraction of sp³-hybridized carbons (Fsp3) is 0.556. The maximum Gasteiger partial charge on any atom is 0.419 e. The number of hydrogen-bond acceptors (Lipinski definition) is 5. The largest absolute Gasteiger partial charge is 0.419 e. The van der Waals surface area contributed by atoms with E-state index in [4.69, 9.17) is 10.5 Å². The Morgan fingerprint density at radius 2 is 2.25 bits per heavy atom. The van der Waals surface area contributed by atoms with Gasteiger partial charge in [0.05, 0.1) is 28.4 Å². The summed E-state index contributed by atoms with van der Waals surface area (Å²) in [5.41, 5.74) is 5.65. The molecule has 4 N–H and O–H groups in total. The molecule has 0 spiro atoms. The lowest BCUT2D eigenvalue weighted by Gasteiger charge is -2.34. The molecular formula is C18H24F3N5O2. The number of piperidine rings is 1. The number of nitrogens with two attached hydrogens (primary N) is 1. The van der Waals surface area contributed by atoms with E-state index in [1.165, 1.54) is 6.20 Å². The number of halogens is 3. The number of hydrogen-bond donors (Lipinski definition) is 3. The third kappa shape index (κ3) is 4.39. The highest BCUT2D eigenvalue weighted by Gasteiger charge is 2.38. The molecule has 0 radical (unpaired) electrons. The zero-order chi connectivity index (χ0) is 20.5. The average molecular weight is 399 g/mol. The van der Waals surface area contributed by atoms with Crippen molar-refractivity contribution in [3.8, 4) is 0 Å². The van der Waals surface area contributed by atoms with E-state index in [1.54, 1.807) is 18.7 Å². The molecule has 7 nitrogen and oxygen atoms in total. The summed E-state index contributed by atoms with van der Waals surface area (Å²) in [7, 11) is 0. The van der Waals surface area contributed by atoms with Gasteiger partial charge in [-0.05, 0) is 26.7 Å². The molecule has 2 aromatic rings. The number of nitrogens with one attached hydrogen (secondary N) is 2. The van der Waals surface area contributed by atoms with Gasteiger partial charge >= 0.3 is 6.18 Å². The van der Waals surface area contributed by atoms with Crippen molar-refractivity contribution in [3.05, 3.63) is 18.0 Å². The second-order valence-electron chi connectivity index (χ2n) is 7.20. The molecule has 0 unspecified atom stereocenters. The summed E-state index contributed by atoms with van der Waals surface area (Å²) in [6.45, 7) is 4.13.